The van der Waals surface area contributed by atoms with E-state index in [2.05, 4.69) is 4.74 Å². The molecule has 0 bridgehead atoms. The van der Waals surface area contributed by atoms with Gasteiger partial charge < -0.3 is 14.8 Å². The van der Waals surface area contributed by atoms with Gasteiger partial charge in [-0.2, -0.15) is 17.6 Å². The summed E-state index contributed by atoms with van der Waals surface area (Å²) in [5, 5.41) is 17.3. The molecule has 0 unspecified atom stereocenters. The van der Waals surface area contributed by atoms with Gasteiger partial charge in [-0.05, 0) is 6.08 Å². The van der Waals surface area contributed by atoms with Gasteiger partial charge in [0.25, 0.3) is 0 Å². The molecular weight excluding hydrogens is 219 g/mol. The largest absolute Gasteiger partial charge is 0.495 e. The number of methoxy groups -OCH3 is 1. The molecule has 8 heteroatoms. The van der Waals surface area contributed by atoms with Crippen LogP contribution in [0.5, 0.6) is 0 Å². The Hall–Kier alpha value is -1.02. The van der Waals surface area contributed by atoms with Crippen molar-refractivity contribution in [1.29, 1.82) is 0 Å². The first-order valence-corrected chi connectivity index (χ1v) is 3.83. The maximum Gasteiger partial charge on any atom is 0.492 e. The summed E-state index contributed by atoms with van der Waals surface area (Å²) in [4.78, 5) is 0. The van der Waals surface area contributed by atoms with Crippen LogP contribution in [0.1, 0.15) is 0 Å². The first-order valence-electron chi connectivity index (χ1n) is 3.83. The van der Waals surface area contributed by atoms with Crippen molar-refractivity contribution in [2.75, 3.05) is 7.11 Å². The van der Waals surface area contributed by atoms with Gasteiger partial charge in [0.1, 0.15) is 0 Å². The molecule has 15 heavy (non-hydrogen) atoms. The Morgan fingerprint density at radius 2 is 1.80 bits per heavy atom. The third kappa shape index (κ3) is 1.74. The zero-order valence-electron chi connectivity index (χ0n) is 7.55. The molecule has 0 amide bonds. The van der Waals surface area contributed by atoms with Crippen LogP contribution in [0.3, 0.4) is 0 Å². The SMILES string of the molecule is COC1=C(B(O)O)C=CC(F)(F)C1(F)F. The number of hydrogen-bond donors (Lipinski definition) is 2. The lowest BCUT2D eigenvalue weighted by Crippen LogP contribution is -2.45. The molecule has 3 nitrogen and oxygen atoms in total. The fourth-order valence-electron chi connectivity index (χ4n) is 1.16. The molecule has 0 saturated heterocycles. The monoisotopic (exact) mass is 226 g/mol. The Morgan fingerprint density at radius 3 is 2.20 bits per heavy atom. The van der Waals surface area contributed by atoms with E-state index < -0.39 is 30.2 Å². The quantitative estimate of drug-likeness (QED) is 0.539. The zero-order chi connectivity index (χ0) is 11.9. The fourth-order valence-corrected chi connectivity index (χ4v) is 1.16. The predicted molar refractivity (Wildman–Crippen MR) is 43.3 cm³/mol. The van der Waals surface area contributed by atoms with Crippen molar-refractivity contribution in [3.05, 3.63) is 23.4 Å². The smallest absolute Gasteiger partial charge is 0.492 e. The van der Waals surface area contributed by atoms with E-state index in [4.69, 9.17) is 10.0 Å². The van der Waals surface area contributed by atoms with Gasteiger partial charge in [0.15, 0.2) is 5.76 Å². The van der Waals surface area contributed by atoms with Gasteiger partial charge in [-0.15, -0.1) is 0 Å². The normalized spacial score (nSPS) is 22.9. The average Bonchev–Trinajstić information content (AvgIpc) is 2.08. The number of alkyl halides is 4. The summed E-state index contributed by atoms with van der Waals surface area (Å²) < 4.78 is 55.7. The van der Waals surface area contributed by atoms with Crippen LogP contribution < -0.4 is 0 Å². The van der Waals surface area contributed by atoms with Crippen LogP contribution in [0, 0.1) is 0 Å². The lowest BCUT2D eigenvalue weighted by Gasteiger charge is -2.29. The van der Waals surface area contributed by atoms with E-state index in [1.807, 2.05) is 0 Å². The maximum absolute atomic E-state index is 13.1. The van der Waals surface area contributed by atoms with E-state index in [1.165, 1.54) is 0 Å². The van der Waals surface area contributed by atoms with Crippen LogP contribution in [0.15, 0.2) is 23.4 Å². The van der Waals surface area contributed by atoms with Crippen molar-refractivity contribution in [3.8, 4) is 0 Å². The molecule has 1 aliphatic rings. The second kappa shape index (κ2) is 3.53. The first kappa shape index (κ1) is 12.1. The third-order valence-corrected chi connectivity index (χ3v) is 1.92. The molecule has 0 aromatic carbocycles. The molecule has 1 aliphatic carbocycles. The molecule has 0 aliphatic heterocycles. The van der Waals surface area contributed by atoms with Crippen LogP contribution in [-0.2, 0) is 4.74 Å². The Morgan fingerprint density at radius 1 is 1.27 bits per heavy atom. The van der Waals surface area contributed by atoms with Gasteiger partial charge in [0.05, 0.1) is 7.11 Å². The van der Waals surface area contributed by atoms with Crippen LogP contribution in [0.4, 0.5) is 17.6 Å². The minimum absolute atomic E-state index is 0.0930. The second-order valence-electron chi connectivity index (χ2n) is 2.89. The number of hydrogen-bond acceptors (Lipinski definition) is 3. The van der Waals surface area contributed by atoms with Gasteiger partial charge in [0, 0.05) is 5.47 Å². The summed E-state index contributed by atoms with van der Waals surface area (Å²) in [7, 11) is -1.54. The fraction of sp³-hybridized carbons (Fsp3) is 0.429. The van der Waals surface area contributed by atoms with E-state index in [0.717, 1.165) is 7.11 Å². The molecule has 0 aromatic rings. The van der Waals surface area contributed by atoms with Crippen LogP contribution >= 0.6 is 0 Å². The molecule has 0 heterocycles. The van der Waals surface area contributed by atoms with Crippen LogP contribution in [0.25, 0.3) is 0 Å². The van der Waals surface area contributed by atoms with Gasteiger partial charge in [-0.25, -0.2) is 0 Å². The molecule has 0 saturated carbocycles. The Bertz CT molecular complexity index is 324. The number of halogens is 4. The summed E-state index contributed by atoms with van der Waals surface area (Å²) in [6.07, 6.45) is 0.408. The molecule has 2 N–H and O–H groups in total. The van der Waals surface area contributed by atoms with Gasteiger partial charge in [0.2, 0.25) is 0 Å². The minimum atomic E-state index is -4.59. The van der Waals surface area contributed by atoms with Crippen LogP contribution in [-0.4, -0.2) is 36.1 Å². The lowest BCUT2D eigenvalue weighted by molar-refractivity contribution is -0.176. The van der Waals surface area contributed by atoms with Gasteiger partial charge in [-0.3, -0.25) is 0 Å². The summed E-state index contributed by atoms with van der Waals surface area (Å²) in [5.74, 6) is -10.4. The minimum Gasteiger partial charge on any atom is -0.495 e. The van der Waals surface area contributed by atoms with E-state index in [0.29, 0.717) is 6.08 Å². The van der Waals surface area contributed by atoms with E-state index in [1.54, 1.807) is 0 Å². The first-order chi connectivity index (χ1) is 6.74. The highest BCUT2D eigenvalue weighted by Crippen LogP contribution is 2.45. The van der Waals surface area contributed by atoms with Crippen molar-refractivity contribution in [3.63, 3.8) is 0 Å². The summed E-state index contributed by atoms with van der Waals surface area (Å²) in [6.45, 7) is 0. The van der Waals surface area contributed by atoms with Crippen molar-refractivity contribution >= 4 is 7.12 Å². The van der Waals surface area contributed by atoms with Crippen molar-refractivity contribution in [2.24, 2.45) is 0 Å². The van der Waals surface area contributed by atoms with Crippen molar-refractivity contribution < 1.29 is 32.3 Å². The van der Waals surface area contributed by atoms with E-state index in [-0.39, 0.29) is 6.08 Å². The van der Waals surface area contributed by atoms with E-state index in [9.17, 15) is 17.6 Å². The van der Waals surface area contributed by atoms with Crippen molar-refractivity contribution in [1.82, 2.24) is 0 Å². The Labute approximate surface area is 82.8 Å². The molecule has 0 spiro atoms. The highest BCUT2D eigenvalue weighted by atomic mass is 19.3. The lowest BCUT2D eigenvalue weighted by atomic mass is 9.74. The highest BCUT2D eigenvalue weighted by molar-refractivity contribution is 6.52. The van der Waals surface area contributed by atoms with Crippen LogP contribution in [0.2, 0.25) is 0 Å². The number of rotatable bonds is 2. The third-order valence-electron chi connectivity index (χ3n) is 1.92. The average molecular weight is 226 g/mol. The molecule has 0 fully saturated rings. The Kier molecular flexibility index (Phi) is 2.84. The van der Waals surface area contributed by atoms with Crippen molar-refractivity contribution in [2.45, 2.75) is 11.8 Å². The molecule has 0 aromatic heterocycles. The molecule has 0 radical (unpaired) electrons. The van der Waals surface area contributed by atoms with Gasteiger partial charge in [-0.1, -0.05) is 6.08 Å². The molecular formula is C7H7BF4O3. The molecule has 1 rings (SSSR count). The Balaban J connectivity index is 3.30. The zero-order valence-corrected chi connectivity index (χ0v) is 7.55. The topological polar surface area (TPSA) is 49.7 Å². The summed E-state index contributed by atoms with van der Waals surface area (Å²) in [5.41, 5.74) is -0.784. The standard InChI is InChI=1S/C7H7BF4O3/c1-15-5-4(8(13)14)2-3-6(9,10)7(5,11)12/h2-3,13-14H,1H3. The number of allylic oxidation sites excluding steroid dienone is 4. The summed E-state index contributed by atoms with van der Waals surface area (Å²) in [6, 6.07) is 0. The number of ether oxygens (including phenoxy) is 1. The maximum atomic E-state index is 13.1. The molecule has 0 atom stereocenters. The highest BCUT2D eigenvalue weighted by Gasteiger charge is 2.61. The summed E-state index contributed by atoms with van der Waals surface area (Å²) >= 11 is 0. The molecule has 84 valence electrons. The predicted octanol–water partition coefficient (Wildman–Crippen LogP) is 0.739. The van der Waals surface area contributed by atoms with Gasteiger partial charge >= 0.3 is 19.0 Å². The van der Waals surface area contributed by atoms with E-state index >= 15 is 0 Å². The second-order valence-corrected chi connectivity index (χ2v) is 2.89.